The summed E-state index contributed by atoms with van der Waals surface area (Å²) in [6.45, 7) is 3.51. The molecule has 2 aromatic carbocycles. The van der Waals surface area contributed by atoms with Gasteiger partial charge in [0.05, 0.1) is 17.8 Å². The van der Waals surface area contributed by atoms with Crippen molar-refractivity contribution in [2.45, 2.75) is 0 Å². The number of piperazine rings is 1. The van der Waals surface area contributed by atoms with E-state index in [2.05, 4.69) is 27.2 Å². The van der Waals surface area contributed by atoms with Crippen LogP contribution < -0.4 is 15.0 Å². The molecule has 0 atom stereocenters. The van der Waals surface area contributed by atoms with E-state index < -0.39 is 0 Å². The van der Waals surface area contributed by atoms with Crippen molar-refractivity contribution in [2.24, 2.45) is 0 Å². The Balaban J connectivity index is 1.56. The lowest BCUT2D eigenvalue weighted by molar-refractivity contribution is 0.390. The average molecular weight is 396 g/mol. The highest BCUT2D eigenvalue weighted by molar-refractivity contribution is 7.80. The van der Waals surface area contributed by atoms with Crippen LogP contribution in [0, 0.1) is 0 Å². The Labute approximate surface area is 163 Å². The molecule has 0 aromatic heterocycles. The lowest BCUT2D eigenvalue weighted by atomic mass is 10.2. The van der Waals surface area contributed by atoms with E-state index in [0.717, 1.165) is 37.6 Å². The van der Waals surface area contributed by atoms with Crippen LogP contribution in [0.5, 0.6) is 5.75 Å². The summed E-state index contributed by atoms with van der Waals surface area (Å²) in [4.78, 5) is 4.49. The number of anilines is 2. The number of benzene rings is 2. The molecule has 2 aromatic rings. The zero-order chi connectivity index (χ0) is 17.8. The number of hydrogen-bond acceptors (Lipinski definition) is 3. The second-order valence-corrected chi connectivity index (χ2v) is 6.96. The van der Waals surface area contributed by atoms with Gasteiger partial charge in [0, 0.05) is 36.9 Å². The van der Waals surface area contributed by atoms with Crippen LogP contribution in [0.1, 0.15) is 0 Å². The van der Waals surface area contributed by atoms with Gasteiger partial charge in [-0.25, -0.2) is 0 Å². The van der Waals surface area contributed by atoms with Crippen molar-refractivity contribution in [3.05, 3.63) is 52.5 Å². The molecule has 132 valence electrons. The summed E-state index contributed by atoms with van der Waals surface area (Å²) in [6, 6.07) is 13.5. The van der Waals surface area contributed by atoms with Crippen molar-refractivity contribution < 1.29 is 4.74 Å². The number of thiocarbonyl (C=S) groups is 1. The smallest absolute Gasteiger partial charge is 0.173 e. The third kappa shape index (κ3) is 4.48. The first-order chi connectivity index (χ1) is 12.1. The number of rotatable bonds is 3. The largest absolute Gasteiger partial charge is 0.497 e. The Bertz CT molecular complexity index is 746. The van der Waals surface area contributed by atoms with Gasteiger partial charge in [0.1, 0.15) is 5.75 Å². The van der Waals surface area contributed by atoms with E-state index in [1.807, 2.05) is 18.2 Å². The Morgan fingerprint density at radius 1 is 1.04 bits per heavy atom. The number of methoxy groups -OCH3 is 1. The maximum atomic E-state index is 6.20. The van der Waals surface area contributed by atoms with Gasteiger partial charge in [-0.2, -0.15) is 0 Å². The van der Waals surface area contributed by atoms with Gasteiger partial charge in [0.15, 0.2) is 5.11 Å². The Hall–Kier alpha value is -1.69. The van der Waals surface area contributed by atoms with Crippen LogP contribution in [-0.2, 0) is 0 Å². The van der Waals surface area contributed by atoms with Crippen LogP contribution in [0.3, 0.4) is 0 Å². The monoisotopic (exact) mass is 395 g/mol. The minimum absolute atomic E-state index is 0.562. The van der Waals surface area contributed by atoms with Crippen molar-refractivity contribution >= 4 is 51.9 Å². The summed E-state index contributed by atoms with van der Waals surface area (Å²) in [5.74, 6) is 0.868. The number of nitrogens with one attached hydrogen (secondary N) is 1. The highest BCUT2D eigenvalue weighted by Crippen LogP contribution is 2.26. The zero-order valence-corrected chi connectivity index (χ0v) is 16.2. The minimum Gasteiger partial charge on any atom is -0.497 e. The van der Waals surface area contributed by atoms with E-state index >= 15 is 0 Å². The topological polar surface area (TPSA) is 27.7 Å². The van der Waals surface area contributed by atoms with Crippen LogP contribution >= 0.6 is 35.4 Å². The molecule has 0 spiro atoms. The normalized spacial score (nSPS) is 14.4. The van der Waals surface area contributed by atoms with E-state index in [1.54, 1.807) is 19.2 Å². The average Bonchev–Trinajstić information content (AvgIpc) is 2.64. The van der Waals surface area contributed by atoms with Gasteiger partial charge >= 0.3 is 0 Å². The van der Waals surface area contributed by atoms with Gasteiger partial charge < -0.3 is 19.9 Å². The number of hydrogen-bond donors (Lipinski definition) is 1. The van der Waals surface area contributed by atoms with E-state index in [-0.39, 0.29) is 0 Å². The van der Waals surface area contributed by atoms with Gasteiger partial charge in [-0.05, 0) is 54.7 Å². The van der Waals surface area contributed by atoms with Gasteiger partial charge in [-0.3, -0.25) is 0 Å². The van der Waals surface area contributed by atoms with E-state index in [1.165, 1.54) is 5.69 Å². The Morgan fingerprint density at radius 2 is 1.72 bits per heavy atom. The van der Waals surface area contributed by atoms with Crippen LogP contribution in [-0.4, -0.2) is 43.3 Å². The molecule has 0 radical (unpaired) electrons. The third-order valence-electron chi connectivity index (χ3n) is 4.18. The molecule has 0 bridgehead atoms. The molecule has 1 saturated heterocycles. The fourth-order valence-electron chi connectivity index (χ4n) is 2.75. The molecule has 3 rings (SSSR count). The standard InChI is InChI=1S/C18H19Cl2N3OS/c1-24-15-5-3-14(4-6-15)22-8-10-23(11-9-22)18(25)21-17-7-2-13(19)12-16(17)20/h2-7,12H,8-11H2,1H3,(H,21,25). The van der Waals surface area contributed by atoms with Crippen LogP contribution in [0.15, 0.2) is 42.5 Å². The molecule has 1 heterocycles. The summed E-state index contributed by atoms with van der Waals surface area (Å²) in [5, 5.41) is 5.06. The summed E-state index contributed by atoms with van der Waals surface area (Å²) in [6.07, 6.45) is 0. The summed E-state index contributed by atoms with van der Waals surface area (Å²) >= 11 is 17.6. The van der Waals surface area contributed by atoms with Gasteiger partial charge in [-0.15, -0.1) is 0 Å². The maximum absolute atomic E-state index is 6.20. The number of halogens is 2. The van der Waals surface area contributed by atoms with Crippen molar-refractivity contribution in [3.8, 4) is 5.75 Å². The first-order valence-corrected chi connectivity index (χ1v) is 9.13. The molecule has 1 fully saturated rings. The van der Waals surface area contributed by atoms with Crippen molar-refractivity contribution in [1.82, 2.24) is 4.90 Å². The fraction of sp³-hybridized carbons (Fsp3) is 0.278. The zero-order valence-electron chi connectivity index (χ0n) is 13.8. The quantitative estimate of drug-likeness (QED) is 0.771. The molecule has 1 aliphatic heterocycles. The molecule has 1 N–H and O–H groups in total. The molecule has 7 heteroatoms. The lowest BCUT2D eigenvalue weighted by Crippen LogP contribution is -2.50. The Kier molecular flexibility index (Phi) is 5.89. The molecule has 0 amide bonds. The third-order valence-corrected chi connectivity index (χ3v) is 5.09. The van der Waals surface area contributed by atoms with Crippen LogP contribution in [0.4, 0.5) is 11.4 Å². The molecule has 1 aliphatic rings. The van der Waals surface area contributed by atoms with Crippen molar-refractivity contribution in [1.29, 1.82) is 0 Å². The Morgan fingerprint density at radius 3 is 2.32 bits per heavy atom. The SMILES string of the molecule is COc1ccc(N2CCN(C(=S)Nc3ccc(Cl)cc3Cl)CC2)cc1. The van der Waals surface area contributed by atoms with Crippen molar-refractivity contribution in [2.75, 3.05) is 43.5 Å². The molecular formula is C18H19Cl2N3OS. The number of nitrogens with zero attached hydrogens (tertiary/aromatic N) is 2. The fourth-order valence-corrected chi connectivity index (χ4v) is 3.49. The lowest BCUT2D eigenvalue weighted by Gasteiger charge is -2.37. The van der Waals surface area contributed by atoms with Crippen LogP contribution in [0.2, 0.25) is 10.0 Å². The highest BCUT2D eigenvalue weighted by Gasteiger charge is 2.19. The summed E-state index contributed by atoms with van der Waals surface area (Å²) in [5.41, 5.74) is 1.97. The number of ether oxygens (including phenoxy) is 1. The molecular weight excluding hydrogens is 377 g/mol. The van der Waals surface area contributed by atoms with Gasteiger partial charge in [0.2, 0.25) is 0 Å². The molecule has 4 nitrogen and oxygen atoms in total. The molecule has 0 unspecified atom stereocenters. The first-order valence-electron chi connectivity index (χ1n) is 7.97. The minimum atomic E-state index is 0.562. The van der Waals surface area contributed by atoms with E-state index in [9.17, 15) is 0 Å². The van der Waals surface area contributed by atoms with Crippen molar-refractivity contribution in [3.63, 3.8) is 0 Å². The maximum Gasteiger partial charge on any atom is 0.173 e. The summed E-state index contributed by atoms with van der Waals surface area (Å²) in [7, 11) is 1.68. The van der Waals surface area contributed by atoms with E-state index in [0.29, 0.717) is 15.2 Å². The van der Waals surface area contributed by atoms with E-state index in [4.69, 9.17) is 40.2 Å². The predicted octanol–water partition coefficient (Wildman–Crippen LogP) is 4.52. The predicted molar refractivity (Wildman–Crippen MR) is 109 cm³/mol. The summed E-state index contributed by atoms with van der Waals surface area (Å²) < 4.78 is 5.21. The van der Waals surface area contributed by atoms with Gasteiger partial charge in [0.25, 0.3) is 0 Å². The second kappa shape index (κ2) is 8.13. The molecule has 25 heavy (non-hydrogen) atoms. The van der Waals surface area contributed by atoms with Crippen LogP contribution in [0.25, 0.3) is 0 Å². The second-order valence-electron chi connectivity index (χ2n) is 5.73. The first kappa shape index (κ1) is 18.1. The highest BCUT2D eigenvalue weighted by atomic mass is 35.5. The molecule has 0 aliphatic carbocycles. The molecule has 0 saturated carbocycles. The van der Waals surface area contributed by atoms with Gasteiger partial charge in [-0.1, -0.05) is 23.2 Å².